The lowest BCUT2D eigenvalue weighted by Gasteiger charge is -2.28. The fraction of sp³-hybridized carbons (Fsp3) is 0.458. The lowest BCUT2D eigenvalue weighted by Crippen LogP contribution is -2.38. The molecule has 0 radical (unpaired) electrons. The van der Waals surface area contributed by atoms with E-state index in [0.29, 0.717) is 12.7 Å². The number of aromatic nitrogens is 2. The van der Waals surface area contributed by atoms with Gasteiger partial charge in [-0.05, 0) is 70.1 Å². The van der Waals surface area contributed by atoms with Gasteiger partial charge in [-0.2, -0.15) is 13.2 Å². The Kier molecular flexibility index (Phi) is 8.08. The van der Waals surface area contributed by atoms with Crippen molar-refractivity contribution in [3.8, 4) is 0 Å². The molecule has 0 bridgehead atoms. The van der Waals surface area contributed by atoms with Crippen molar-refractivity contribution in [2.45, 2.75) is 65.0 Å². The van der Waals surface area contributed by atoms with Gasteiger partial charge >= 0.3 is 12.3 Å². The smallest absolute Gasteiger partial charge is 0.417 e. The molecular formula is C24H30F3N7O2S. The average Bonchev–Trinajstić information content (AvgIpc) is 3.17. The van der Waals surface area contributed by atoms with E-state index in [1.807, 2.05) is 19.9 Å². The van der Waals surface area contributed by atoms with E-state index in [1.165, 1.54) is 7.05 Å². The molecule has 2 aromatic heterocycles. The Labute approximate surface area is 218 Å². The molecule has 1 atom stereocenters. The fourth-order valence-electron chi connectivity index (χ4n) is 3.81. The number of ether oxygens (including phenoxy) is 1. The third kappa shape index (κ3) is 6.72. The van der Waals surface area contributed by atoms with Crippen molar-refractivity contribution in [2.24, 2.45) is 10.7 Å². The van der Waals surface area contributed by atoms with Gasteiger partial charge in [-0.3, -0.25) is 14.8 Å². The Bertz CT molecular complexity index is 1210. The van der Waals surface area contributed by atoms with Crippen LogP contribution in [-0.4, -0.2) is 50.6 Å². The van der Waals surface area contributed by atoms with Crippen LogP contribution in [0.25, 0.3) is 0 Å². The second kappa shape index (κ2) is 10.6. The van der Waals surface area contributed by atoms with Gasteiger partial charge in [-0.25, -0.2) is 14.8 Å². The van der Waals surface area contributed by atoms with E-state index < -0.39 is 23.4 Å². The average molecular weight is 538 g/mol. The van der Waals surface area contributed by atoms with Crippen molar-refractivity contribution in [3.63, 3.8) is 0 Å². The Hall–Kier alpha value is -3.32. The first-order valence-electron chi connectivity index (χ1n) is 11.5. The largest absolute Gasteiger partial charge is 0.443 e. The molecule has 0 aromatic carbocycles. The lowest BCUT2D eigenvalue weighted by atomic mass is 10.1. The van der Waals surface area contributed by atoms with Crippen molar-refractivity contribution < 1.29 is 22.7 Å². The number of nitrogens with one attached hydrogen (secondary N) is 1. The summed E-state index contributed by atoms with van der Waals surface area (Å²) >= 11 is 5.35. The maximum Gasteiger partial charge on any atom is 0.417 e. The van der Waals surface area contributed by atoms with Crippen LogP contribution in [0.3, 0.4) is 0 Å². The van der Waals surface area contributed by atoms with Crippen LogP contribution in [-0.2, 0) is 17.5 Å². The standard InChI is InChI=1S/C24H30F3N7O2S/c1-13(2)34-12-14-10-29-8-7-16(14)18(34)19(28)31-21(37)32-20-17(9-15(11-30-20)24(25,26)27)33(6)22(35)36-23(3,4)5/h7-11,13,18H,12H2,1-6H3,(H3,28,30,31,32,37). The number of carbonyl (C=O) groups excluding carboxylic acids is 1. The molecule has 3 N–H and O–H groups in total. The molecule has 0 fully saturated rings. The van der Waals surface area contributed by atoms with Crippen molar-refractivity contribution in [1.29, 1.82) is 0 Å². The minimum atomic E-state index is -4.68. The van der Waals surface area contributed by atoms with Crippen molar-refractivity contribution >= 4 is 40.8 Å². The number of nitrogens with two attached hydrogens (primary N) is 1. The van der Waals surface area contributed by atoms with Crippen LogP contribution in [0.4, 0.5) is 29.5 Å². The Morgan fingerprint density at radius 1 is 1.32 bits per heavy atom. The summed E-state index contributed by atoms with van der Waals surface area (Å²) in [6, 6.07) is 2.43. The molecule has 1 aliphatic heterocycles. The highest BCUT2D eigenvalue weighted by Crippen LogP contribution is 2.36. The van der Waals surface area contributed by atoms with Crippen molar-refractivity contribution in [2.75, 3.05) is 17.3 Å². The molecule has 1 unspecified atom stereocenters. The van der Waals surface area contributed by atoms with Gasteiger partial charge in [-0.15, -0.1) is 0 Å². The SMILES string of the molecule is CC(C)N1Cc2cnccc2C1C(N)=NC(=S)Nc1ncc(C(F)(F)F)cc1N(C)C(=O)OC(C)(C)C. The highest BCUT2D eigenvalue weighted by molar-refractivity contribution is 7.80. The summed E-state index contributed by atoms with van der Waals surface area (Å²) < 4.78 is 45.5. The Morgan fingerprint density at radius 2 is 2.00 bits per heavy atom. The number of hydrogen-bond donors (Lipinski definition) is 2. The molecule has 0 saturated heterocycles. The highest BCUT2D eigenvalue weighted by Gasteiger charge is 2.35. The maximum atomic E-state index is 13.4. The predicted molar refractivity (Wildman–Crippen MR) is 139 cm³/mol. The van der Waals surface area contributed by atoms with Crippen molar-refractivity contribution in [1.82, 2.24) is 14.9 Å². The molecule has 13 heteroatoms. The molecule has 0 saturated carbocycles. The zero-order chi connectivity index (χ0) is 27.7. The summed E-state index contributed by atoms with van der Waals surface area (Å²) in [5.41, 5.74) is 6.25. The lowest BCUT2D eigenvalue weighted by molar-refractivity contribution is -0.137. The third-order valence-electron chi connectivity index (χ3n) is 5.54. The molecule has 2 aromatic rings. The minimum absolute atomic E-state index is 0.111. The quantitative estimate of drug-likeness (QED) is 0.323. The molecule has 37 heavy (non-hydrogen) atoms. The van der Waals surface area contributed by atoms with E-state index in [1.54, 1.807) is 33.2 Å². The van der Waals surface area contributed by atoms with Gasteiger partial charge in [0.1, 0.15) is 11.4 Å². The first-order chi connectivity index (χ1) is 17.1. The zero-order valence-corrected chi connectivity index (χ0v) is 22.2. The maximum absolute atomic E-state index is 13.4. The summed E-state index contributed by atoms with van der Waals surface area (Å²) in [4.78, 5) is 28.0. The number of pyridine rings is 2. The van der Waals surface area contributed by atoms with Gasteiger partial charge in [0.15, 0.2) is 10.9 Å². The number of hydrogen-bond acceptors (Lipinski definition) is 6. The van der Waals surface area contributed by atoms with Crippen molar-refractivity contribution in [3.05, 3.63) is 47.4 Å². The number of thiocarbonyl (C=S) groups is 1. The number of halogens is 3. The zero-order valence-electron chi connectivity index (χ0n) is 21.4. The summed E-state index contributed by atoms with van der Waals surface area (Å²) in [5.74, 6) is 0.0877. The number of carbonyl (C=O) groups is 1. The number of rotatable bonds is 4. The topological polar surface area (TPSA) is 109 Å². The number of nitrogens with zero attached hydrogens (tertiary/aromatic N) is 5. The predicted octanol–water partition coefficient (Wildman–Crippen LogP) is 4.89. The monoisotopic (exact) mass is 537 g/mol. The van der Waals surface area contributed by atoms with Gasteiger partial charge < -0.3 is 15.8 Å². The Balaban J connectivity index is 1.93. The van der Waals surface area contributed by atoms with E-state index in [2.05, 4.69) is 25.2 Å². The fourth-order valence-corrected chi connectivity index (χ4v) is 4.01. The van der Waals surface area contributed by atoms with E-state index in [9.17, 15) is 18.0 Å². The molecular weight excluding hydrogens is 507 g/mol. The first-order valence-corrected chi connectivity index (χ1v) is 11.9. The number of aliphatic imine (C=N–C) groups is 1. The number of anilines is 2. The highest BCUT2D eigenvalue weighted by atomic mass is 32.1. The summed E-state index contributed by atoms with van der Waals surface area (Å²) in [7, 11) is 1.28. The first kappa shape index (κ1) is 28.3. The van der Waals surface area contributed by atoms with Gasteiger partial charge in [-0.1, -0.05) is 0 Å². The van der Waals surface area contributed by atoms with Gasteiger partial charge in [0.2, 0.25) is 0 Å². The number of alkyl halides is 3. The Morgan fingerprint density at radius 3 is 2.59 bits per heavy atom. The molecule has 1 amide bonds. The number of fused-ring (bicyclic) bond motifs is 1. The second-order valence-corrected chi connectivity index (χ2v) is 10.2. The molecule has 1 aliphatic rings. The minimum Gasteiger partial charge on any atom is -0.443 e. The number of amidine groups is 1. The van der Waals surface area contributed by atoms with Crippen LogP contribution >= 0.6 is 12.2 Å². The van der Waals surface area contributed by atoms with E-state index in [-0.39, 0.29) is 34.5 Å². The molecule has 0 aliphatic carbocycles. The summed E-state index contributed by atoms with van der Waals surface area (Å²) in [6.45, 7) is 9.63. The van der Waals surface area contributed by atoms with Crippen LogP contribution in [0.1, 0.15) is 57.4 Å². The number of amides is 1. The van der Waals surface area contributed by atoms with Crippen LogP contribution in [0.2, 0.25) is 0 Å². The van der Waals surface area contributed by atoms with Crippen LogP contribution in [0, 0.1) is 0 Å². The van der Waals surface area contributed by atoms with Crippen LogP contribution in [0.5, 0.6) is 0 Å². The van der Waals surface area contributed by atoms with E-state index in [4.69, 9.17) is 22.7 Å². The summed E-state index contributed by atoms with van der Waals surface area (Å²) in [6.07, 6.45) is -1.45. The molecule has 200 valence electrons. The molecule has 9 nitrogen and oxygen atoms in total. The normalized spacial score (nSPS) is 16.5. The van der Waals surface area contributed by atoms with Crippen LogP contribution in [0.15, 0.2) is 35.7 Å². The molecule has 0 spiro atoms. The summed E-state index contributed by atoms with van der Waals surface area (Å²) in [5, 5.41) is 2.59. The molecule has 3 heterocycles. The third-order valence-corrected chi connectivity index (χ3v) is 5.74. The van der Waals surface area contributed by atoms with Crippen LogP contribution < -0.4 is 16.0 Å². The van der Waals surface area contributed by atoms with Gasteiger partial charge in [0.05, 0.1) is 17.3 Å². The van der Waals surface area contributed by atoms with Gasteiger partial charge in [0.25, 0.3) is 0 Å². The van der Waals surface area contributed by atoms with E-state index in [0.717, 1.165) is 22.1 Å². The van der Waals surface area contributed by atoms with E-state index >= 15 is 0 Å². The van der Waals surface area contributed by atoms with Gasteiger partial charge in [0, 0.05) is 38.2 Å². The molecule has 3 rings (SSSR count). The second-order valence-electron chi connectivity index (χ2n) is 9.84.